The molecule has 0 N–H and O–H groups in total. The van der Waals surface area contributed by atoms with Crippen molar-refractivity contribution in [2.45, 2.75) is 45.1 Å². The zero-order valence-corrected chi connectivity index (χ0v) is 20.2. The van der Waals surface area contributed by atoms with Crippen molar-refractivity contribution in [1.29, 1.82) is 0 Å². The summed E-state index contributed by atoms with van der Waals surface area (Å²) in [6.45, 7) is 6.20. The van der Waals surface area contributed by atoms with Crippen LogP contribution in [0.3, 0.4) is 0 Å². The van der Waals surface area contributed by atoms with Crippen LogP contribution in [0.1, 0.15) is 43.6 Å². The van der Waals surface area contributed by atoms with Crippen molar-refractivity contribution in [1.82, 2.24) is 14.3 Å². The van der Waals surface area contributed by atoms with Crippen molar-refractivity contribution in [3.63, 3.8) is 0 Å². The molecule has 0 radical (unpaired) electrons. The first-order valence-electron chi connectivity index (χ1n) is 10.1. The van der Waals surface area contributed by atoms with E-state index in [1.54, 1.807) is 0 Å². The maximum absolute atomic E-state index is 6.48. The van der Waals surface area contributed by atoms with Crippen LogP contribution in [0.15, 0.2) is 41.4 Å². The van der Waals surface area contributed by atoms with Crippen molar-refractivity contribution in [3.05, 3.63) is 63.4 Å². The Morgan fingerprint density at radius 3 is 2.55 bits per heavy atom. The van der Waals surface area contributed by atoms with Crippen LogP contribution in [0.25, 0.3) is 0 Å². The number of benzene rings is 2. The molecule has 0 saturated heterocycles. The molecule has 0 spiro atoms. The van der Waals surface area contributed by atoms with Gasteiger partial charge in [-0.3, -0.25) is 0 Å². The fourth-order valence-electron chi connectivity index (χ4n) is 3.22. The lowest BCUT2D eigenvalue weighted by molar-refractivity contribution is 0.429. The molecular formula is C23H24Cl2N4OS. The summed E-state index contributed by atoms with van der Waals surface area (Å²) in [6, 6.07) is 12.0. The summed E-state index contributed by atoms with van der Waals surface area (Å²) in [6.07, 6.45) is 3.84. The van der Waals surface area contributed by atoms with Gasteiger partial charge in [0.2, 0.25) is 0 Å². The first-order chi connectivity index (χ1) is 14.8. The van der Waals surface area contributed by atoms with Gasteiger partial charge in [0.1, 0.15) is 5.75 Å². The van der Waals surface area contributed by atoms with Crippen LogP contribution in [0.2, 0.25) is 10.0 Å². The van der Waals surface area contributed by atoms with E-state index < -0.39 is 0 Å². The Morgan fingerprint density at radius 2 is 1.90 bits per heavy atom. The topological polar surface area (TPSA) is 50.6 Å². The third-order valence-corrected chi connectivity index (χ3v) is 6.77. The van der Waals surface area contributed by atoms with E-state index in [4.69, 9.17) is 27.9 Å². The molecule has 31 heavy (non-hydrogen) atoms. The van der Waals surface area contributed by atoms with E-state index >= 15 is 0 Å². The summed E-state index contributed by atoms with van der Waals surface area (Å²) < 4.78 is 10.6. The average Bonchev–Trinajstić information content (AvgIpc) is 3.41. The Kier molecular flexibility index (Phi) is 6.24. The molecule has 162 valence electrons. The molecule has 3 aromatic rings. The summed E-state index contributed by atoms with van der Waals surface area (Å²) in [5.74, 6) is 1.34. The zero-order chi connectivity index (χ0) is 22.2. The summed E-state index contributed by atoms with van der Waals surface area (Å²) in [4.78, 5) is 11.3. The highest BCUT2D eigenvalue weighted by molar-refractivity contribution is 7.07. The van der Waals surface area contributed by atoms with Gasteiger partial charge in [-0.15, -0.1) is 0 Å². The zero-order valence-electron chi connectivity index (χ0n) is 17.9. The van der Waals surface area contributed by atoms with Crippen LogP contribution < -0.4 is 4.74 Å². The minimum absolute atomic E-state index is 0.135. The quantitative estimate of drug-likeness (QED) is 0.272. The van der Waals surface area contributed by atoms with Gasteiger partial charge >= 0.3 is 0 Å². The number of hydrogen-bond acceptors (Lipinski definition) is 5. The molecule has 0 unspecified atom stereocenters. The summed E-state index contributed by atoms with van der Waals surface area (Å²) in [7, 11) is 1.99. The van der Waals surface area contributed by atoms with Crippen LogP contribution in [0.5, 0.6) is 10.9 Å². The second-order valence-electron chi connectivity index (χ2n) is 8.15. The highest BCUT2D eigenvalue weighted by atomic mass is 35.5. The van der Waals surface area contributed by atoms with Gasteiger partial charge in [-0.1, -0.05) is 35.3 Å². The molecule has 1 aliphatic carbocycles. The van der Waals surface area contributed by atoms with E-state index in [9.17, 15) is 0 Å². The molecule has 1 saturated carbocycles. The van der Waals surface area contributed by atoms with E-state index in [1.165, 1.54) is 17.1 Å². The van der Waals surface area contributed by atoms with Gasteiger partial charge < -0.3 is 9.64 Å². The average molecular weight is 475 g/mol. The molecule has 2 aromatic carbocycles. The second kappa shape index (κ2) is 8.77. The van der Waals surface area contributed by atoms with Crippen molar-refractivity contribution in [2.24, 2.45) is 4.99 Å². The second-order valence-corrected chi connectivity index (χ2v) is 9.71. The van der Waals surface area contributed by atoms with Gasteiger partial charge in [-0.2, -0.15) is 9.36 Å². The highest BCUT2D eigenvalue weighted by Crippen LogP contribution is 2.53. The number of ether oxygens (including phenoxy) is 1. The fourth-order valence-corrected chi connectivity index (χ4v) is 4.18. The van der Waals surface area contributed by atoms with Crippen LogP contribution in [0, 0.1) is 6.92 Å². The highest BCUT2D eigenvalue weighted by Gasteiger charge is 2.49. The molecule has 5 nitrogen and oxygen atoms in total. The molecule has 1 aromatic heterocycles. The Labute approximate surface area is 196 Å². The van der Waals surface area contributed by atoms with Crippen molar-refractivity contribution >= 4 is 46.8 Å². The summed E-state index contributed by atoms with van der Waals surface area (Å²) in [5.41, 5.74) is 2.83. The molecule has 0 atom stereocenters. The Bertz CT molecular complexity index is 1110. The van der Waals surface area contributed by atoms with E-state index in [0.717, 1.165) is 34.9 Å². The van der Waals surface area contributed by atoms with Gasteiger partial charge in [-0.05, 0) is 69.0 Å². The van der Waals surface area contributed by atoms with Gasteiger partial charge in [-0.25, -0.2) is 4.99 Å². The number of hydrogen-bond donors (Lipinski definition) is 0. The first-order valence-corrected chi connectivity index (χ1v) is 11.7. The van der Waals surface area contributed by atoms with Crippen LogP contribution in [0.4, 0.5) is 5.69 Å². The molecule has 0 amide bonds. The first kappa shape index (κ1) is 22.1. The van der Waals surface area contributed by atoms with Gasteiger partial charge in [0.05, 0.1) is 22.5 Å². The van der Waals surface area contributed by atoms with Gasteiger partial charge in [0.15, 0.2) is 5.82 Å². The van der Waals surface area contributed by atoms with Crippen LogP contribution in [-0.2, 0) is 5.41 Å². The van der Waals surface area contributed by atoms with Gasteiger partial charge in [0, 0.05) is 29.6 Å². The monoisotopic (exact) mass is 474 g/mol. The number of halogens is 2. The van der Waals surface area contributed by atoms with Crippen LogP contribution in [-0.4, -0.2) is 33.7 Å². The third kappa shape index (κ3) is 4.71. The molecular weight excluding hydrogens is 451 g/mol. The molecule has 0 aliphatic heterocycles. The smallest absolute Gasteiger partial charge is 0.298 e. The molecule has 1 fully saturated rings. The standard InChI is InChI=1S/C23H24Cl2N4OS/c1-14(2)29(4)13-26-19-12-18(25)20(11-15(19)3)30-22-27-21(28-31-22)23(9-10-23)16-5-7-17(24)8-6-16/h5-8,11-14H,9-10H2,1-4H3/b26-13-. The largest absolute Gasteiger partial charge is 0.428 e. The van der Waals surface area contributed by atoms with Crippen molar-refractivity contribution < 1.29 is 4.74 Å². The lowest BCUT2D eigenvalue weighted by Crippen LogP contribution is -2.24. The molecule has 8 heteroatoms. The van der Waals surface area contributed by atoms with E-state index in [2.05, 4.69) is 28.2 Å². The lowest BCUT2D eigenvalue weighted by atomic mass is 9.95. The minimum Gasteiger partial charge on any atom is -0.428 e. The Hall–Kier alpha value is -2.15. The number of nitrogens with zero attached hydrogens (tertiary/aromatic N) is 4. The van der Waals surface area contributed by atoms with Crippen LogP contribution >= 0.6 is 34.7 Å². The minimum atomic E-state index is -0.135. The molecule has 4 rings (SSSR count). The maximum atomic E-state index is 6.48. The normalized spacial score (nSPS) is 14.9. The predicted molar refractivity (Wildman–Crippen MR) is 129 cm³/mol. The van der Waals surface area contributed by atoms with Crippen molar-refractivity contribution in [2.75, 3.05) is 7.05 Å². The molecule has 0 bridgehead atoms. The Morgan fingerprint density at radius 1 is 1.19 bits per heavy atom. The molecule has 1 aliphatic rings. The number of aliphatic imine (C=N–C) groups is 1. The van der Waals surface area contributed by atoms with Gasteiger partial charge in [0.25, 0.3) is 5.19 Å². The fraction of sp³-hybridized carbons (Fsp3) is 0.348. The van der Waals surface area contributed by atoms with E-state index in [1.807, 2.05) is 61.6 Å². The molecule has 1 heterocycles. The maximum Gasteiger partial charge on any atom is 0.298 e. The SMILES string of the molecule is Cc1cc(Oc2nc(C3(c4ccc(Cl)cc4)CC3)ns2)c(Cl)cc1/N=C\N(C)C(C)C. The summed E-state index contributed by atoms with van der Waals surface area (Å²) in [5, 5.41) is 1.69. The predicted octanol–water partition coefficient (Wildman–Crippen LogP) is 7.03. The lowest BCUT2D eigenvalue weighted by Gasteiger charge is -2.17. The van der Waals surface area contributed by atoms with E-state index in [-0.39, 0.29) is 5.41 Å². The van der Waals surface area contributed by atoms with E-state index in [0.29, 0.717) is 22.0 Å². The summed E-state index contributed by atoms with van der Waals surface area (Å²) >= 11 is 13.8. The number of rotatable bonds is 7. The number of aryl methyl sites for hydroxylation is 1. The Balaban J connectivity index is 1.52. The van der Waals surface area contributed by atoms with Crippen molar-refractivity contribution in [3.8, 4) is 10.9 Å². The third-order valence-electron chi connectivity index (χ3n) is 5.62. The number of aromatic nitrogens is 2.